The number of amides is 1. The van der Waals surface area contributed by atoms with E-state index in [0.717, 1.165) is 5.01 Å². The Labute approximate surface area is 102 Å². The number of nitrogens with one attached hydrogen (secondary N) is 1. The van der Waals surface area contributed by atoms with Gasteiger partial charge < -0.3 is 10.5 Å². The lowest BCUT2D eigenvalue weighted by Crippen LogP contribution is -2.51. The molecule has 94 valence electrons. The van der Waals surface area contributed by atoms with Crippen molar-refractivity contribution in [1.29, 1.82) is 0 Å². The third-order valence-corrected chi connectivity index (χ3v) is 3.34. The number of carbonyl (C=O) groups is 1. The van der Waals surface area contributed by atoms with Crippen molar-refractivity contribution in [3.8, 4) is 0 Å². The Hall–Kier alpha value is -1.29. The highest BCUT2D eigenvalue weighted by atomic mass is 32.1. The molecule has 0 spiro atoms. The lowest BCUT2D eigenvalue weighted by Gasteiger charge is -2.32. The van der Waals surface area contributed by atoms with Gasteiger partial charge >= 0.3 is 0 Å². The number of hydrogen-bond donors (Lipinski definition) is 3. The van der Waals surface area contributed by atoms with Crippen molar-refractivity contribution < 1.29 is 9.53 Å². The minimum atomic E-state index is -0.401. The summed E-state index contributed by atoms with van der Waals surface area (Å²) in [6.45, 7) is 2.09. The number of carbonyl (C=O) groups excluding carboxylic acids is 1. The quantitative estimate of drug-likeness (QED) is 0.444. The van der Waals surface area contributed by atoms with E-state index in [-0.39, 0.29) is 5.91 Å². The number of anilines is 1. The first kappa shape index (κ1) is 12.2. The highest BCUT2D eigenvalue weighted by Crippen LogP contribution is 2.18. The molecule has 1 unspecified atom stereocenters. The molecular weight excluding hydrogens is 244 g/mol. The molecule has 1 aliphatic heterocycles. The van der Waals surface area contributed by atoms with Gasteiger partial charge in [0.1, 0.15) is 11.0 Å². The topological polar surface area (TPSA) is 119 Å². The van der Waals surface area contributed by atoms with Crippen LogP contribution < -0.4 is 17.0 Å². The van der Waals surface area contributed by atoms with Crippen molar-refractivity contribution >= 4 is 22.4 Å². The Morgan fingerprint density at radius 3 is 3.12 bits per heavy atom. The number of hydrazine groups is 1. The van der Waals surface area contributed by atoms with E-state index in [1.165, 1.54) is 11.3 Å². The molecule has 0 radical (unpaired) electrons. The molecule has 1 aromatic heterocycles. The first-order valence-corrected chi connectivity index (χ1v) is 5.92. The van der Waals surface area contributed by atoms with Crippen molar-refractivity contribution in [2.45, 2.75) is 12.6 Å². The van der Waals surface area contributed by atoms with Gasteiger partial charge in [0.15, 0.2) is 0 Å². The van der Waals surface area contributed by atoms with Gasteiger partial charge in [-0.25, -0.2) is 5.84 Å². The van der Waals surface area contributed by atoms with Gasteiger partial charge in [-0.05, 0) is 0 Å². The number of nitrogen functional groups attached to an aromatic ring is 1. The normalized spacial score (nSPS) is 21.4. The molecule has 1 aromatic rings. The van der Waals surface area contributed by atoms with Gasteiger partial charge in [0, 0.05) is 6.54 Å². The zero-order valence-corrected chi connectivity index (χ0v) is 9.94. The molecule has 1 aliphatic rings. The first-order valence-electron chi connectivity index (χ1n) is 5.11. The van der Waals surface area contributed by atoms with E-state index in [9.17, 15) is 4.79 Å². The van der Waals surface area contributed by atoms with Crippen LogP contribution >= 0.6 is 11.3 Å². The van der Waals surface area contributed by atoms with Crippen molar-refractivity contribution in [2.75, 3.05) is 25.2 Å². The van der Waals surface area contributed by atoms with Crippen molar-refractivity contribution in [3.05, 3.63) is 5.01 Å². The summed E-state index contributed by atoms with van der Waals surface area (Å²) in [6, 6.07) is -0.401. The molecule has 9 heteroatoms. The van der Waals surface area contributed by atoms with E-state index in [4.69, 9.17) is 16.3 Å². The van der Waals surface area contributed by atoms with Crippen LogP contribution in [-0.2, 0) is 16.1 Å². The Morgan fingerprint density at radius 1 is 1.65 bits per heavy atom. The minimum Gasteiger partial charge on any atom is -0.378 e. The largest absolute Gasteiger partial charge is 0.378 e. The molecule has 2 heterocycles. The smallest absolute Gasteiger partial charge is 0.237 e. The fourth-order valence-electron chi connectivity index (χ4n) is 1.64. The summed E-state index contributed by atoms with van der Waals surface area (Å²) < 4.78 is 5.23. The number of hydrogen-bond acceptors (Lipinski definition) is 8. The van der Waals surface area contributed by atoms with E-state index in [2.05, 4.69) is 15.6 Å². The van der Waals surface area contributed by atoms with Crippen LogP contribution in [0.4, 0.5) is 5.13 Å². The lowest BCUT2D eigenvalue weighted by molar-refractivity contribution is -0.129. The standard InChI is InChI=1S/C8H14N6O2S/c9-7(15)5-4-16-2-1-14(5)3-6-12-13-8(11-10)17-6/h5H,1-4,10H2,(H2,9,15)(H,11,13). The molecule has 8 nitrogen and oxygen atoms in total. The van der Waals surface area contributed by atoms with E-state index < -0.39 is 6.04 Å². The van der Waals surface area contributed by atoms with Crippen molar-refractivity contribution in [2.24, 2.45) is 11.6 Å². The predicted molar refractivity (Wildman–Crippen MR) is 61.9 cm³/mol. The van der Waals surface area contributed by atoms with Crippen LogP contribution in [0, 0.1) is 0 Å². The monoisotopic (exact) mass is 258 g/mol. The van der Waals surface area contributed by atoms with Gasteiger partial charge in [0.05, 0.1) is 19.8 Å². The SMILES string of the molecule is NNc1nnc(CN2CCOCC2C(N)=O)s1. The summed E-state index contributed by atoms with van der Waals surface area (Å²) >= 11 is 1.35. The molecule has 0 aliphatic carbocycles. The van der Waals surface area contributed by atoms with Gasteiger partial charge in [-0.3, -0.25) is 15.1 Å². The molecule has 5 N–H and O–H groups in total. The number of nitrogens with two attached hydrogens (primary N) is 2. The third kappa shape index (κ3) is 2.88. The average Bonchev–Trinajstić information content (AvgIpc) is 2.77. The maximum absolute atomic E-state index is 11.3. The Kier molecular flexibility index (Phi) is 3.84. The van der Waals surface area contributed by atoms with Crippen LogP contribution in [0.3, 0.4) is 0 Å². The van der Waals surface area contributed by atoms with Gasteiger partial charge in [-0.1, -0.05) is 11.3 Å². The molecule has 0 saturated carbocycles. The summed E-state index contributed by atoms with van der Waals surface area (Å²) in [7, 11) is 0. The number of ether oxygens (including phenoxy) is 1. The van der Waals surface area contributed by atoms with E-state index >= 15 is 0 Å². The molecule has 1 amide bonds. The summed E-state index contributed by atoms with van der Waals surface area (Å²) in [5.74, 6) is 4.84. The molecule has 0 aromatic carbocycles. The van der Waals surface area contributed by atoms with Gasteiger partial charge in [-0.15, -0.1) is 10.2 Å². The molecule has 2 rings (SSSR count). The minimum absolute atomic E-state index is 0.329. The van der Waals surface area contributed by atoms with Crippen molar-refractivity contribution in [1.82, 2.24) is 15.1 Å². The Balaban J connectivity index is 2.02. The number of morpholine rings is 1. The van der Waals surface area contributed by atoms with Crippen LogP contribution in [0.5, 0.6) is 0 Å². The zero-order chi connectivity index (χ0) is 12.3. The van der Waals surface area contributed by atoms with Crippen LogP contribution in [0.2, 0.25) is 0 Å². The van der Waals surface area contributed by atoms with Gasteiger partial charge in [-0.2, -0.15) is 0 Å². The van der Waals surface area contributed by atoms with Crippen LogP contribution in [-0.4, -0.2) is 46.8 Å². The molecule has 1 atom stereocenters. The Bertz CT molecular complexity index is 397. The predicted octanol–water partition coefficient (Wildman–Crippen LogP) is -1.49. The van der Waals surface area contributed by atoms with Crippen LogP contribution in [0.25, 0.3) is 0 Å². The maximum Gasteiger partial charge on any atom is 0.237 e. The molecular formula is C8H14N6O2S. The van der Waals surface area contributed by atoms with E-state index in [1.807, 2.05) is 4.90 Å². The average molecular weight is 258 g/mol. The van der Waals surface area contributed by atoms with Gasteiger partial charge in [0.2, 0.25) is 11.0 Å². The summed E-state index contributed by atoms with van der Waals surface area (Å²) in [6.07, 6.45) is 0. The van der Waals surface area contributed by atoms with Crippen LogP contribution in [0.1, 0.15) is 5.01 Å². The van der Waals surface area contributed by atoms with E-state index in [0.29, 0.717) is 31.4 Å². The zero-order valence-electron chi connectivity index (χ0n) is 9.13. The fourth-order valence-corrected chi connectivity index (χ4v) is 2.31. The summed E-state index contributed by atoms with van der Waals surface area (Å²) in [5.41, 5.74) is 7.75. The second-order valence-corrected chi connectivity index (χ2v) is 4.67. The number of nitrogens with zero attached hydrogens (tertiary/aromatic N) is 3. The molecule has 1 fully saturated rings. The highest BCUT2D eigenvalue weighted by Gasteiger charge is 2.28. The number of aromatic nitrogens is 2. The molecule has 0 bridgehead atoms. The lowest BCUT2D eigenvalue weighted by atomic mass is 10.2. The van der Waals surface area contributed by atoms with Gasteiger partial charge in [0.25, 0.3) is 0 Å². The number of primary amides is 1. The van der Waals surface area contributed by atoms with Crippen LogP contribution in [0.15, 0.2) is 0 Å². The summed E-state index contributed by atoms with van der Waals surface area (Å²) in [5, 5.41) is 9.12. The maximum atomic E-state index is 11.3. The second kappa shape index (κ2) is 5.36. The fraction of sp³-hybridized carbons (Fsp3) is 0.625. The van der Waals surface area contributed by atoms with E-state index in [1.54, 1.807) is 0 Å². The Morgan fingerprint density at radius 2 is 2.47 bits per heavy atom. The number of rotatable bonds is 4. The van der Waals surface area contributed by atoms with Crippen molar-refractivity contribution in [3.63, 3.8) is 0 Å². The molecule has 17 heavy (non-hydrogen) atoms. The molecule has 1 saturated heterocycles. The first-order chi connectivity index (χ1) is 8.20. The second-order valence-electron chi connectivity index (χ2n) is 3.61. The highest BCUT2D eigenvalue weighted by molar-refractivity contribution is 7.15. The summed E-state index contributed by atoms with van der Waals surface area (Å²) in [4.78, 5) is 13.2. The third-order valence-electron chi connectivity index (χ3n) is 2.50.